The minimum atomic E-state index is -0.392. The fraction of sp³-hybridized carbons (Fsp3) is 0.231. The number of nitriles is 1. The number of hydrogen-bond acceptors (Lipinski definition) is 3. The number of aryl methyl sites for hydroxylation is 1. The predicted octanol–water partition coefficient (Wildman–Crippen LogP) is 3.75. The van der Waals surface area contributed by atoms with Gasteiger partial charge >= 0.3 is 0 Å². The van der Waals surface area contributed by atoms with Crippen LogP contribution in [0.4, 0.5) is 10.1 Å². The third-order valence-electron chi connectivity index (χ3n) is 2.70. The molecule has 0 unspecified atom stereocenters. The van der Waals surface area contributed by atoms with Gasteiger partial charge < -0.3 is 5.32 Å². The minimum absolute atomic E-state index is 0.348. The van der Waals surface area contributed by atoms with Gasteiger partial charge in [-0.15, -0.1) is 0 Å². The van der Waals surface area contributed by atoms with Gasteiger partial charge in [-0.3, -0.25) is 4.98 Å². The summed E-state index contributed by atoms with van der Waals surface area (Å²) in [6.45, 7) is 4.37. The van der Waals surface area contributed by atoms with Gasteiger partial charge in [0.25, 0.3) is 0 Å². The number of fused-ring (bicyclic) bond motifs is 1. The first kappa shape index (κ1) is 12.8. The van der Waals surface area contributed by atoms with Gasteiger partial charge in [0, 0.05) is 12.7 Å². The molecular weight excluding hydrogens is 297 g/mol. The van der Waals surface area contributed by atoms with Gasteiger partial charge in [-0.05, 0) is 41.4 Å². The molecule has 0 aliphatic rings. The maximum absolute atomic E-state index is 14.2. The lowest BCUT2D eigenvalue weighted by Crippen LogP contribution is -2.03. The second-order valence-corrected chi connectivity index (χ2v) is 4.76. The molecule has 0 aliphatic heterocycles. The molecule has 92 valence electrons. The molecule has 1 aromatic carbocycles. The fourth-order valence-electron chi connectivity index (χ4n) is 1.91. The van der Waals surface area contributed by atoms with Crippen LogP contribution in [-0.4, -0.2) is 11.5 Å². The normalized spacial score (nSPS) is 10.4. The number of rotatable bonds is 2. The zero-order chi connectivity index (χ0) is 13.3. The Hall–Kier alpha value is -1.67. The molecule has 3 nitrogen and oxygen atoms in total. The molecule has 2 aromatic rings. The van der Waals surface area contributed by atoms with Gasteiger partial charge in [-0.1, -0.05) is 0 Å². The minimum Gasteiger partial charge on any atom is -0.384 e. The Labute approximate surface area is 113 Å². The number of hydrogen-bond donors (Lipinski definition) is 1. The smallest absolute Gasteiger partial charge is 0.148 e. The zero-order valence-electron chi connectivity index (χ0n) is 10.0. The number of halogens is 2. The quantitative estimate of drug-likeness (QED) is 0.919. The molecule has 1 aromatic heterocycles. The molecule has 1 heterocycles. The van der Waals surface area contributed by atoms with E-state index in [4.69, 9.17) is 5.26 Å². The van der Waals surface area contributed by atoms with E-state index >= 15 is 0 Å². The summed E-state index contributed by atoms with van der Waals surface area (Å²) in [4.78, 5) is 4.17. The Morgan fingerprint density at radius 2 is 2.28 bits per heavy atom. The zero-order valence-corrected chi connectivity index (χ0v) is 11.6. The molecule has 0 aliphatic carbocycles. The van der Waals surface area contributed by atoms with E-state index in [2.05, 4.69) is 26.2 Å². The SMILES string of the molecule is CCNc1c(C#N)cnc2c(C)cc(Br)c(F)c12. The number of nitrogens with one attached hydrogen (secondary N) is 1. The largest absolute Gasteiger partial charge is 0.384 e. The summed E-state index contributed by atoms with van der Waals surface area (Å²) in [6.07, 6.45) is 1.47. The molecule has 0 spiro atoms. The Bertz CT molecular complexity index is 662. The van der Waals surface area contributed by atoms with Crippen LogP contribution in [0.3, 0.4) is 0 Å². The Kier molecular flexibility index (Phi) is 3.48. The van der Waals surface area contributed by atoms with E-state index < -0.39 is 5.82 Å². The molecule has 0 radical (unpaired) electrons. The predicted molar refractivity (Wildman–Crippen MR) is 73.0 cm³/mol. The van der Waals surface area contributed by atoms with Gasteiger partial charge in [-0.2, -0.15) is 5.26 Å². The number of anilines is 1. The Morgan fingerprint density at radius 1 is 1.56 bits per heavy atom. The lowest BCUT2D eigenvalue weighted by atomic mass is 10.1. The monoisotopic (exact) mass is 307 g/mol. The van der Waals surface area contributed by atoms with Gasteiger partial charge in [0.2, 0.25) is 0 Å². The van der Waals surface area contributed by atoms with Crippen LogP contribution in [0.5, 0.6) is 0 Å². The van der Waals surface area contributed by atoms with Crippen molar-refractivity contribution in [2.75, 3.05) is 11.9 Å². The van der Waals surface area contributed by atoms with Crippen molar-refractivity contribution in [3.05, 3.63) is 33.7 Å². The van der Waals surface area contributed by atoms with Crippen LogP contribution in [0.15, 0.2) is 16.7 Å². The second-order valence-electron chi connectivity index (χ2n) is 3.90. The van der Waals surface area contributed by atoms with Crippen molar-refractivity contribution in [1.29, 1.82) is 5.26 Å². The maximum atomic E-state index is 14.2. The number of pyridine rings is 1. The molecule has 0 saturated heterocycles. The summed E-state index contributed by atoms with van der Waals surface area (Å²) >= 11 is 3.19. The van der Waals surface area contributed by atoms with Crippen molar-refractivity contribution in [3.63, 3.8) is 0 Å². The Balaban J connectivity index is 2.95. The third kappa shape index (κ3) is 1.93. The van der Waals surface area contributed by atoms with Gasteiger partial charge in [0.05, 0.1) is 26.6 Å². The lowest BCUT2D eigenvalue weighted by molar-refractivity contribution is 0.633. The lowest BCUT2D eigenvalue weighted by Gasteiger charge is -2.12. The van der Waals surface area contributed by atoms with E-state index in [0.717, 1.165) is 5.56 Å². The van der Waals surface area contributed by atoms with Crippen molar-refractivity contribution in [2.45, 2.75) is 13.8 Å². The first-order valence-corrected chi connectivity index (χ1v) is 6.30. The van der Waals surface area contributed by atoms with Gasteiger partial charge in [0.1, 0.15) is 11.9 Å². The highest BCUT2D eigenvalue weighted by Gasteiger charge is 2.16. The van der Waals surface area contributed by atoms with Crippen LogP contribution in [0, 0.1) is 24.1 Å². The van der Waals surface area contributed by atoms with Crippen LogP contribution < -0.4 is 5.32 Å². The van der Waals surface area contributed by atoms with Crippen molar-refractivity contribution in [2.24, 2.45) is 0 Å². The molecule has 0 atom stereocenters. The number of aromatic nitrogens is 1. The first-order valence-electron chi connectivity index (χ1n) is 5.51. The number of benzene rings is 1. The summed E-state index contributed by atoms with van der Waals surface area (Å²) in [6, 6.07) is 3.72. The molecule has 18 heavy (non-hydrogen) atoms. The molecule has 5 heteroatoms. The summed E-state index contributed by atoms with van der Waals surface area (Å²) in [5, 5.41) is 12.5. The molecule has 0 fully saturated rings. The molecular formula is C13H11BrFN3. The molecule has 0 bridgehead atoms. The van der Waals surface area contributed by atoms with Crippen LogP contribution in [0.2, 0.25) is 0 Å². The molecule has 1 N–H and O–H groups in total. The highest BCUT2D eigenvalue weighted by Crippen LogP contribution is 2.33. The average Bonchev–Trinajstić information content (AvgIpc) is 2.36. The summed E-state index contributed by atoms with van der Waals surface area (Å²) < 4.78 is 14.6. The molecule has 0 amide bonds. The summed E-state index contributed by atoms with van der Waals surface area (Å²) in [7, 11) is 0. The standard InChI is InChI=1S/C13H11BrFN3/c1-3-17-13-8(5-16)6-18-12-7(2)4-9(14)11(15)10(12)13/h4,6H,3H2,1-2H3,(H,17,18). The second kappa shape index (κ2) is 4.91. The Morgan fingerprint density at radius 3 is 2.89 bits per heavy atom. The maximum Gasteiger partial charge on any atom is 0.148 e. The van der Waals surface area contributed by atoms with Crippen molar-refractivity contribution in [1.82, 2.24) is 4.98 Å². The summed E-state index contributed by atoms with van der Waals surface area (Å²) in [5.41, 5.74) is 2.29. The highest BCUT2D eigenvalue weighted by atomic mass is 79.9. The topological polar surface area (TPSA) is 48.7 Å². The van der Waals surface area contributed by atoms with Crippen LogP contribution in [-0.2, 0) is 0 Å². The highest BCUT2D eigenvalue weighted by molar-refractivity contribution is 9.10. The van der Waals surface area contributed by atoms with E-state index in [9.17, 15) is 4.39 Å². The van der Waals surface area contributed by atoms with Crippen LogP contribution in [0.1, 0.15) is 18.1 Å². The van der Waals surface area contributed by atoms with Crippen LogP contribution in [0.25, 0.3) is 10.9 Å². The van der Waals surface area contributed by atoms with E-state index in [1.807, 2.05) is 19.9 Å². The van der Waals surface area contributed by atoms with Gasteiger partial charge in [0.15, 0.2) is 0 Å². The van der Waals surface area contributed by atoms with Crippen LogP contribution >= 0.6 is 15.9 Å². The van der Waals surface area contributed by atoms with Crippen molar-refractivity contribution >= 4 is 32.5 Å². The molecule has 2 rings (SSSR count). The van der Waals surface area contributed by atoms with E-state index in [1.54, 1.807) is 6.07 Å². The van der Waals surface area contributed by atoms with Gasteiger partial charge in [-0.25, -0.2) is 4.39 Å². The first-order chi connectivity index (χ1) is 8.60. The molecule has 0 saturated carbocycles. The summed E-state index contributed by atoms with van der Waals surface area (Å²) in [5.74, 6) is -0.392. The fourth-order valence-corrected chi connectivity index (χ4v) is 2.45. The van der Waals surface area contributed by atoms with Crippen molar-refractivity contribution in [3.8, 4) is 6.07 Å². The average molecular weight is 308 g/mol. The number of nitrogens with zero attached hydrogens (tertiary/aromatic N) is 2. The van der Waals surface area contributed by atoms with E-state index in [0.29, 0.717) is 33.2 Å². The van der Waals surface area contributed by atoms with E-state index in [-0.39, 0.29) is 0 Å². The van der Waals surface area contributed by atoms with Crippen molar-refractivity contribution < 1.29 is 4.39 Å². The third-order valence-corrected chi connectivity index (χ3v) is 3.28. The van der Waals surface area contributed by atoms with E-state index in [1.165, 1.54) is 6.20 Å².